The molecule has 118 valence electrons. The van der Waals surface area contributed by atoms with E-state index in [4.69, 9.17) is 0 Å². The molecule has 0 amide bonds. The lowest BCUT2D eigenvalue weighted by atomic mass is 9.93. The minimum Gasteiger partial charge on any atom is -0.166 e. The van der Waals surface area contributed by atoms with E-state index in [0.29, 0.717) is 11.1 Å². The largest absolute Gasteiger partial charge is 0.416 e. The molecule has 6 heteroatoms. The second-order valence-corrected chi connectivity index (χ2v) is 5.05. The predicted octanol–water partition coefficient (Wildman–Crippen LogP) is 6.01. The Bertz CT molecular complexity index is 633. The first-order valence-corrected chi connectivity index (χ1v) is 6.36. The Labute approximate surface area is 123 Å². The molecule has 0 aliphatic heterocycles. The molecule has 0 aliphatic carbocycles. The lowest BCUT2D eigenvalue weighted by Crippen LogP contribution is -2.07. The van der Waals surface area contributed by atoms with Crippen LogP contribution in [0.15, 0.2) is 36.4 Å². The SMILES string of the molecule is Cc1ccc(C(F)(F)F)cc1-c1cc(C(F)(F)F)ccc1C. The van der Waals surface area contributed by atoms with Gasteiger partial charge in [-0.05, 0) is 60.4 Å². The molecule has 0 saturated carbocycles. The van der Waals surface area contributed by atoms with E-state index in [2.05, 4.69) is 0 Å². The molecule has 22 heavy (non-hydrogen) atoms. The summed E-state index contributed by atoms with van der Waals surface area (Å²) in [7, 11) is 0. The van der Waals surface area contributed by atoms with Crippen molar-refractivity contribution in [2.24, 2.45) is 0 Å². The van der Waals surface area contributed by atoms with Crippen LogP contribution >= 0.6 is 0 Å². The molecular formula is C16H12F6. The molecule has 0 aromatic heterocycles. The predicted molar refractivity (Wildman–Crippen MR) is 71.4 cm³/mol. The Balaban J connectivity index is 2.66. The van der Waals surface area contributed by atoms with E-state index in [9.17, 15) is 26.3 Å². The molecule has 0 atom stereocenters. The molecule has 0 heterocycles. The van der Waals surface area contributed by atoms with Gasteiger partial charge in [0.15, 0.2) is 0 Å². The fraction of sp³-hybridized carbons (Fsp3) is 0.250. The van der Waals surface area contributed by atoms with Crippen LogP contribution in [0.1, 0.15) is 22.3 Å². The van der Waals surface area contributed by atoms with Crippen molar-refractivity contribution in [2.45, 2.75) is 26.2 Å². The smallest absolute Gasteiger partial charge is 0.166 e. The van der Waals surface area contributed by atoms with Gasteiger partial charge in [0, 0.05) is 0 Å². The monoisotopic (exact) mass is 318 g/mol. The topological polar surface area (TPSA) is 0 Å². The Morgan fingerprint density at radius 2 is 0.909 bits per heavy atom. The van der Waals surface area contributed by atoms with Gasteiger partial charge in [-0.25, -0.2) is 0 Å². The first kappa shape index (κ1) is 16.4. The number of hydrogen-bond donors (Lipinski definition) is 0. The van der Waals surface area contributed by atoms with Crippen LogP contribution in [0.4, 0.5) is 26.3 Å². The van der Waals surface area contributed by atoms with Crippen LogP contribution in [0, 0.1) is 13.8 Å². The van der Waals surface area contributed by atoms with Crippen molar-refractivity contribution in [1.29, 1.82) is 0 Å². The molecule has 0 N–H and O–H groups in total. The summed E-state index contributed by atoms with van der Waals surface area (Å²) >= 11 is 0. The van der Waals surface area contributed by atoms with Gasteiger partial charge in [0.25, 0.3) is 0 Å². The quantitative estimate of drug-likeness (QED) is 0.565. The maximum absolute atomic E-state index is 12.8. The summed E-state index contributed by atoms with van der Waals surface area (Å²) in [5, 5.41) is 0. The number of aryl methyl sites for hydroxylation is 2. The molecule has 0 bridgehead atoms. The van der Waals surface area contributed by atoms with Crippen LogP contribution < -0.4 is 0 Å². The van der Waals surface area contributed by atoms with Gasteiger partial charge in [0.2, 0.25) is 0 Å². The first-order valence-electron chi connectivity index (χ1n) is 6.36. The highest BCUT2D eigenvalue weighted by molar-refractivity contribution is 5.72. The van der Waals surface area contributed by atoms with Crippen LogP contribution in [-0.4, -0.2) is 0 Å². The summed E-state index contributed by atoms with van der Waals surface area (Å²) in [6, 6.07) is 6.13. The standard InChI is InChI=1S/C16H12F6/c1-9-3-5-11(15(17,18)19)7-13(9)14-8-12(16(20,21)22)6-4-10(14)2/h3-8H,1-2H3. The molecule has 0 fully saturated rings. The maximum Gasteiger partial charge on any atom is 0.416 e. The average Bonchev–Trinajstić information content (AvgIpc) is 2.37. The third-order valence-corrected chi connectivity index (χ3v) is 3.42. The van der Waals surface area contributed by atoms with Crippen molar-refractivity contribution in [1.82, 2.24) is 0 Å². The number of benzene rings is 2. The average molecular weight is 318 g/mol. The van der Waals surface area contributed by atoms with Gasteiger partial charge in [-0.1, -0.05) is 12.1 Å². The van der Waals surface area contributed by atoms with Gasteiger partial charge in [-0.3, -0.25) is 0 Å². The van der Waals surface area contributed by atoms with Gasteiger partial charge < -0.3 is 0 Å². The van der Waals surface area contributed by atoms with Crippen molar-refractivity contribution in [2.75, 3.05) is 0 Å². The molecule has 0 radical (unpaired) electrons. The second-order valence-electron chi connectivity index (χ2n) is 5.05. The molecule has 0 spiro atoms. The highest BCUT2D eigenvalue weighted by Crippen LogP contribution is 2.37. The molecule has 0 nitrogen and oxygen atoms in total. The minimum absolute atomic E-state index is 0.151. The van der Waals surface area contributed by atoms with E-state index >= 15 is 0 Å². The fourth-order valence-corrected chi connectivity index (χ4v) is 2.18. The van der Waals surface area contributed by atoms with Gasteiger partial charge in [-0.15, -0.1) is 0 Å². The zero-order valence-electron chi connectivity index (χ0n) is 11.7. The lowest BCUT2D eigenvalue weighted by Gasteiger charge is -2.15. The molecule has 2 aromatic carbocycles. The molecular weight excluding hydrogens is 306 g/mol. The second kappa shape index (κ2) is 5.34. The normalized spacial score (nSPS) is 12.5. The molecule has 0 aliphatic rings. The summed E-state index contributed by atoms with van der Waals surface area (Å²) in [5.41, 5.74) is -0.502. The highest BCUT2D eigenvalue weighted by Gasteiger charge is 2.32. The fourth-order valence-electron chi connectivity index (χ4n) is 2.18. The third kappa shape index (κ3) is 3.26. The number of halogens is 6. The maximum atomic E-state index is 12.8. The van der Waals surface area contributed by atoms with Crippen LogP contribution in [0.2, 0.25) is 0 Å². The summed E-state index contributed by atoms with van der Waals surface area (Å²) in [4.78, 5) is 0. The number of rotatable bonds is 1. The summed E-state index contributed by atoms with van der Waals surface area (Å²) in [6.07, 6.45) is -9.09. The molecule has 2 rings (SSSR count). The lowest BCUT2D eigenvalue weighted by molar-refractivity contribution is -0.138. The van der Waals surface area contributed by atoms with Crippen LogP contribution in [-0.2, 0) is 12.4 Å². The Morgan fingerprint density at radius 3 is 1.18 bits per heavy atom. The van der Waals surface area contributed by atoms with Crippen molar-refractivity contribution in [3.63, 3.8) is 0 Å². The molecule has 2 aromatic rings. The Kier molecular flexibility index (Phi) is 3.98. The molecule has 0 saturated heterocycles. The van der Waals surface area contributed by atoms with E-state index < -0.39 is 23.5 Å². The van der Waals surface area contributed by atoms with Gasteiger partial charge in [0.1, 0.15) is 0 Å². The van der Waals surface area contributed by atoms with E-state index in [1.807, 2.05) is 0 Å². The van der Waals surface area contributed by atoms with Gasteiger partial charge in [-0.2, -0.15) is 26.3 Å². The van der Waals surface area contributed by atoms with E-state index in [-0.39, 0.29) is 11.1 Å². The Morgan fingerprint density at radius 1 is 0.591 bits per heavy atom. The zero-order chi connectivity index (χ0) is 16.7. The number of alkyl halides is 6. The highest BCUT2D eigenvalue weighted by atomic mass is 19.4. The van der Waals surface area contributed by atoms with Crippen molar-refractivity contribution < 1.29 is 26.3 Å². The Hall–Kier alpha value is -1.98. The van der Waals surface area contributed by atoms with Gasteiger partial charge in [0.05, 0.1) is 11.1 Å². The summed E-state index contributed by atoms with van der Waals surface area (Å²) in [5.74, 6) is 0. The zero-order valence-corrected chi connectivity index (χ0v) is 11.7. The van der Waals surface area contributed by atoms with Crippen molar-refractivity contribution >= 4 is 0 Å². The van der Waals surface area contributed by atoms with Gasteiger partial charge >= 0.3 is 12.4 Å². The number of hydrogen-bond acceptors (Lipinski definition) is 0. The minimum atomic E-state index is -4.54. The first-order chi connectivity index (χ1) is 10.00. The summed E-state index contributed by atoms with van der Waals surface area (Å²) in [6.45, 7) is 3.13. The molecule has 0 unspecified atom stereocenters. The van der Waals surface area contributed by atoms with Crippen LogP contribution in [0.3, 0.4) is 0 Å². The van der Waals surface area contributed by atoms with E-state index in [0.717, 1.165) is 24.3 Å². The third-order valence-electron chi connectivity index (χ3n) is 3.42. The van der Waals surface area contributed by atoms with Crippen molar-refractivity contribution in [3.8, 4) is 11.1 Å². The van der Waals surface area contributed by atoms with E-state index in [1.54, 1.807) is 13.8 Å². The van der Waals surface area contributed by atoms with Crippen LogP contribution in [0.25, 0.3) is 11.1 Å². The van der Waals surface area contributed by atoms with Crippen molar-refractivity contribution in [3.05, 3.63) is 58.7 Å². The van der Waals surface area contributed by atoms with E-state index in [1.165, 1.54) is 12.1 Å². The van der Waals surface area contributed by atoms with Crippen LogP contribution in [0.5, 0.6) is 0 Å². The summed E-state index contributed by atoms with van der Waals surface area (Å²) < 4.78 is 76.8.